The first-order chi connectivity index (χ1) is 8.88. The predicted octanol–water partition coefficient (Wildman–Crippen LogP) is 2.69. The van der Waals surface area contributed by atoms with Crippen LogP contribution < -0.4 is 5.32 Å². The van der Waals surface area contributed by atoms with Gasteiger partial charge in [0.1, 0.15) is 12.2 Å². The first-order valence-electron chi connectivity index (χ1n) is 7.46. The summed E-state index contributed by atoms with van der Waals surface area (Å²) < 4.78 is 0. The molecule has 102 valence electrons. The minimum atomic E-state index is 0.757. The molecule has 1 aromatic rings. The summed E-state index contributed by atoms with van der Waals surface area (Å²) in [5.74, 6) is 2.01. The van der Waals surface area contributed by atoms with Gasteiger partial charge in [0.15, 0.2) is 0 Å². The van der Waals surface area contributed by atoms with Gasteiger partial charge in [0.25, 0.3) is 0 Å². The van der Waals surface area contributed by atoms with E-state index in [4.69, 9.17) is 0 Å². The Balaban J connectivity index is 1.53. The highest BCUT2D eigenvalue weighted by Crippen LogP contribution is 2.27. The van der Waals surface area contributed by atoms with Crippen LogP contribution >= 0.6 is 0 Å². The third-order valence-electron chi connectivity index (χ3n) is 4.03. The fourth-order valence-electron chi connectivity index (χ4n) is 2.98. The molecule has 0 spiro atoms. The van der Waals surface area contributed by atoms with Crippen LogP contribution in [0, 0.1) is 5.92 Å². The molecule has 0 radical (unpaired) electrons. The Labute approximate surface area is 110 Å². The van der Waals surface area contributed by atoms with E-state index in [0.717, 1.165) is 37.2 Å². The zero-order valence-corrected chi connectivity index (χ0v) is 11.5. The number of H-pyrrole nitrogens is 1. The van der Waals surface area contributed by atoms with Gasteiger partial charge in [-0.05, 0) is 44.6 Å². The van der Waals surface area contributed by atoms with Gasteiger partial charge in [-0.1, -0.05) is 19.8 Å². The second-order valence-corrected chi connectivity index (χ2v) is 5.50. The highest BCUT2D eigenvalue weighted by atomic mass is 15.2. The third kappa shape index (κ3) is 4.41. The largest absolute Gasteiger partial charge is 0.314 e. The van der Waals surface area contributed by atoms with Gasteiger partial charge in [-0.15, -0.1) is 0 Å². The van der Waals surface area contributed by atoms with Crippen LogP contribution in [0.2, 0.25) is 0 Å². The van der Waals surface area contributed by atoms with Crippen LogP contribution in [0.25, 0.3) is 0 Å². The quantitative estimate of drug-likeness (QED) is 0.732. The molecule has 1 aromatic heterocycles. The van der Waals surface area contributed by atoms with Crippen LogP contribution in [0.4, 0.5) is 0 Å². The first-order valence-corrected chi connectivity index (χ1v) is 7.46. The zero-order valence-electron chi connectivity index (χ0n) is 11.5. The molecule has 1 aliphatic carbocycles. The lowest BCUT2D eigenvalue weighted by atomic mass is 9.83. The monoisotopic (exact) mass is 250 g/mol. The van der Waals surface area contributed by atoms with Gasteiger partial charge in [0.05, 0.1) is 0 Å². The number of aromatic amines is 1. The molecule has 0 atom stereocenters. The van der Waals surface area contributed by atoms with Crippen molar-refractivity contribution >= 4 is 0 Å². The van der Waals surface area contributed by atoms with E-state index in [2.05, 4.69) is 27.4 Å². The number of aromatic nitrogens is 3. The molecule has 18 heavy (non-hydrogen) atoms. The summed E-state index contributed by atoms with van der Waals surface area (Å²) in [4.78, 5) is 4.14. The number of nitrogens with one attached hydrogen (secondary N) is 2. The van der Waals surface area contributed by atoms with Crippen molar-refractivity contribution < 1.29 is 0 Å². The molecule has 2 N–H and O–H groups in total. The Hall–Kier alpha value is -0.900. The second-order valence-electron chi connectivity index (χ2n) is 5.50. The molecule has 0 saturated heterocycles. The lowest BCUT2D eigenvalue weighted by Crippen LogP contribution is -2.34. The highest BCUT2D eigenvalue weighted by Gasteiger charge is 2.19. The Bertz CT molecular complexity index is 302. The highest BCUT2D eigenvalue weighted by molar-refractivity contribution is 4.81. The molecule has 0 aromatic carbocycles. The first kappa shape index (κ1) is 13.5. The fraction of sp³-hybridized carbons (Fsp3) is 0.857. The zero-order chi connectivity index (χ0) is 12.6. The Morgan fingerprint density at radius 1 is 1.33 bits per heavy atom. The van der Waals surface area contributed by atoms with Crippen LogP contribution in [-0.2, 0) is 6.42 Å². The van der Waals surface area contributed by atoms with Gasteiger partial charge in [-0.25, -0.2) is 4.98 Å². The van der Waals surface area contributed by atoms with Crippen LogP contribution in [0.15, 0.2) is 6.33 Å². The summed E-state index contributed by atoms with van der Waals surface area (Å²) in [7, 11) is 0. The van der Waals surface area contributed by atoms with Crippen molar-refractivity contribution in [3.8, 4) is 0 Å². The number of aryl methyl sites for hydroxylation is 1. The topological polar surface area (TPSA) is 53.6 Å². The number of hydrogen-bond acceptors (Lipinski definition) is 3. The van der Waals surface area contributed by atoms with Crippen molar-refractivity contribution in [2.24, 2.45) is 5.92 Å². The van der Waals surface area contributed by atoms with Crippen LogP contribution in [-0.4, -0.2) is 27.8 Å². The normalized spacial score (nSPS) is 24.3. The van der Waals surface area contributed by atoms with Gasteiger partial charge >= 0.3 is 0 Å². The van der Waals surface area contributed by atoms with Crippen molar-refractivity contribution in [1.82, 2.24) is 20.5 Å². The number of nitrogens with zero attached hydrogens (tertiary/aromatic N) is 2. The molecule has 0 bridgehead atoms. The maximum Gasteiger partial charge on any atom is 0.137 e. The van der Waals surface area contributed by atoms with Gasteiger partial charge in [-0.2, -0.15) is 5.10 Å². The molecular formula is C14H26N4. The molecule has 4 heteroatoms. The molecular weight excluding hydrogens is 224 g/mol. The van der Waals surface area contributed by atoms with Crippen molar-refractivity contribution in [2.45, 2.75) is 64.3 Å². The SMILES string of the molecule is CCCC1CCC(NCCCc2ncn[nH]2)CC1. The lowest BCUT2D eigenvalue weighted by Gasteiger charge is -2.29. The maximum atomic E-state index is 4.14. The van der Waals surface area contributed by atoms with Crippen LogP contribution in [0.5, 0.6) is 0 Å². The standard InChI is InChI=1S/C14H26N4/c1-2-4-12-6-8-13(9-7-12)15-10-3-5-14-16-11-17-18-14/h11-13,15H,2-10H2,1H3,(H,16,17,18). The van der Waals surface area contributed by atoms with E-state index in [9.17, 15) is 0 Å². The molecule has 0 amide bonds. The summed E-state index contributed by atoms with van der Waals surface area (Å²) >= 11 is 0. The van der Waals surface area contributed by atoms with Crippen molar-refractivity contribution in [2.75, 3.05) is 6.54 Å². The summed E-state index contributed by atoms with van der Waals surface area (Å²) in [6, 6.07) is 0.757. The molecule has 1 aliphatic rings. The smallest absolute Gasteiger partial charge is 0.137 e. The summed E-state index contributed by atoms with van der Waals surface area (Å²) in [5.41, 5.74) is 0. The van der Waals surface area contributed by atoms with Gasteiger partial charge in [0.2, 0.25) is 0 Å². The molecule has 1 heterocycles. The fourth-order valence-corrected chi connectivity index (χ4v) is 2.98. The molecule has 1 fully saturated rings. The Morgan fingerprint density at radius 2 is 2.17 bits per heavy atom. The van der Waals surface area contributed by atoms with Crippen molar-refractivity contribution in [3.05, 3.63) is 12.2 Å². The molecule has 4 nitrogen and oxygen atoms in total. The van der Waals surface area contributed by atoms with E-state index in [-0.39, 0.29) is 0 Å². The maximum absolute atomic E-state index is 4.14. The predicted molar refractivity (Wildman–Crippen MR) is 73.4 cm³/mol. The van der Waals surface area contributed by atoms with Gasteiger partial charge < -0.3 is 5.32 Å². The Kier molecular flexibility index (Phi) is 5.65. The van der Waals surface area contributed by atoms with E-state index in [1.807, 2.05) is 0 Å². The van der Waals surface area contributed by atoms with E-state index in [1.165, 1.54) is 38.5 Å². The summed E-state index contributed by atoms with van der Waals surface area (Å²) in [6.45, 7) is 3.40. The Morgan fingerprint density at radius 3 is 2.83 bits per heavy atom. The van der Waals surface area contributed by atoms with E-state index in [0.29, 0.717) is 0 Å². The molecule has 2 rings (SSSR count). The molecule has 0 unspecified atom stereocenters. The third-order valence-corrected chi connectivity index (χ3v) is 4.03. The lowest BCUT2D eigenvalue weighted by molar-refractivity contribution is 0.278. The van der Waals surface area contributed by atoms with E-state index in [1.54, 1.807) is 6.33 Å². The minimum absolute atomic E-state index is 0.757. The van der Waals surface area contributed by atoms with Gasteiger partial charge in [0, 0.05) is 12.5 Å². The van der Waals surface area contributed by atoms with Crippen LogP contribution in [0.1, 0.15) is 57.7 Å². The van der Waals surface area contributed by atoms with Crippen molar-refractivity contribution in [3.63, 3.8) is 0 Å². The number of rotatable bonds is 7. The van der Waals surface area contributed by atoms with E-state index < -0.39 is 0 Å². The van der Waals surface area contributed by atoms with Gasteiger partial charge in [-0.3, -0.25) is 5.10 Å². The minimum Gasteiger partial charge on any atom is -0.314 e. The van der Waals surface area contributed by atoms with Crippen molar-refractivity contribution in [1.29, 1.82) is 0 Å². The summed E-state index contributed by atoms with van der Waals surface area (Å²) in [5, 5.41) is 10.5. The van der Waals surface area contributed by atoms with Crippen LogP contribution in [0.3, 0.4) is 0 Å². The average molecular weight is 250 g/mol. The number of hydrogen-bond donors (Lipinski definition) is 2. The molecule has 1 saturated carbocycles. The second kappa shape index (κ2) is 7.52. The average Bonchev–Trinajstić information content (AvgIpc) is 2.90. The van der Waals surface area contributed by atoms with E-state index >= 15 is 0 Å². The summed E-state index contributed by atoms with van der Waals surface area (Å²) in [6.07, 6.45) is 12.1. The molecule has 0 aliphatic heterocycles.